The normalized spacial score (nSPS) is 29.2. The number of thiazole rings is 1. The standard InChI is InChI=1S/C12H21N3S/c1-3-10-7-15(5-4-11(10)13)9(2)12-6-14-8-16-12/h6,8-11H,3-5,7,13H2,1-2H3. The van der Waals surface area contributed by atoms with Crippen LogP contribution in [0.1, 0.15) is 37.6 Å². The maximum Gasteiger partial charge on any atom is 0.0794 e. The molecule has 2 rings (SSSR count). The molecule has 0 bridgehead atoms. The maximum atomic E-state index is 6.13. The quantitative estimate of drug-likeness (QED) is 0.880. The minimum atomic E-state index is 0.398. The van der Waals surface area contributed by atoms with Crippen LogP contribution < -0.4 is 5.73 Å². The lowest BCUT2D eigenvalue weighted by Gasteiger charge is -2.39. The summed E-state index contributed by atoms with van der Waals surface area (Å²) >= 11 is 1.75. The molecule has 1 aliphatic heterocycles. The summed E-state index contributed by atoms with van der Waals surface area (Å²) in [5.74, 6) is 0.657. The van der Waals surface area contributed by atoms with Crippen LogP contribution in [0.3, 0.4) is 0 Å². The number of hydrogen-bond acceptors (Lipinski definition) is 4. The molecule has 2 N–H and O–H groups in total. The van der Waals surface area contributed by atoms with Gasteiger partial charge in [-0.25, -0.2) is 0 Å². The zero-order valence-electron chi connectivity index (χ0n) is 10.1. The minimum Gasteiger partial charge on any atom is -0.327 e. The number of hydrogen-bond donors (Lipinski definition) is 1. The van der Waals surface area contributed by atoms with E-state index in [1.54, 1.807) is 11.3 Å². The lowest BCUT2D eigenvalue weighted by Crippen LogP contribution is -2.47. The first-order valence-corrected chi connectivity index (χ1v) is 6.98. The first-order valence-electron chi connectivity index (χ1n) is 6.10. The molecule has 16 heavy (non-hydrogen) atoms. The van der Waals surface area contributed by atoms with Crippen molar-refractivity contribution in [3.05, 3.63) is 16.6 Å². The molecular formula is C12H21N3S. The fourth-order valence-electron chi connectivity index (χ4n) is 2.47. The predicted molar refractivity (Wildman–Crippen MR) is 68.5 cm³/mol. The Balaban J connectivity index is 2.00. The SMILES string of the molecule is CCC1CN(C(C)c2cncs2)CCC1N. The van der Waals surface area contributed by atoms with E-state index in [0.29, 0.717) is 18.0 Å². The number of rotatable bonds is 3. The monoisotopic (exact) mass is 239 g/mol. The molecule has 0 aliphatic carbocycles. The Hall–Kier alpha value is -0.450. The van der Waals surface area contributed by atoms with E-state index in [0.717, 1.165) is 19.5 Å². The smallest absolute Gasteiger partial charge is 0.0794 e. The van der Waals surface area contributed by atoms with Crippen molar-refractivity contribution in [2.24, 2.45) is 11.7 Å². The highest BCUT2D eigenvalue weighted by Crippen LogP contribution is 2.28. The maximum absolute atomic E-state index is 6.13. The second kappa shape index (κ2) is 5.25. The van der Waals surface area contributed by atoms with Gasteiger partial charge >= 0.3 is 0 Å². The Labute approximate surface area is 102 Å². The average Bonchev–Trinajstić information content (AvgIpc) is 2.82. The Morgan fingerprint density at radius 3 is 3.12 bits per heavy atom. The summed E-state index contributed by atoms with van der Waals surface area (Å²) in [5.41, 5.74) is 8.05. The molecule has 0 aromatic carbocycles. The van der Waals surface area contributed by atoms with Gasteiger partial charge in [0.1, 0.15) is 0 Å². The van der Waals surface area contributed by atoms with Gasteiger partial charge in [-0.2, -0.15) is 0 Å². The first kappa shape index (κ1) is 12.0. The molecule has 1 aliphatic rings. The van der Waals surface area contributed by atoms with Crippen molar-refractivity contribution in [2.45, 2.75) is 38.8 Å². The fourth-order valence-corrected chi connectivity index (χ4v) is 3.19. The van der Waals surface area contributed by atoms with E-state index in [-0.39, 0.29) is 0 Å². The van der Waals surface area contributed by atoms with E-state index in [1.807, 2.05) is 11.7 Å². The van der Waals surface area contributed by atoms with Crippen molar-refractivity contribution in [1.29, 1.82) is 0 Å². The Morgan fingerprint density at radius 1 is 1.69 bits per heavy atom. The Bertz CT molecular complexity index is 312. The molecule has 1 fully saturated rings. The van der Waals surface area contributed by atoms with E-state index in [1.165, 1.54) is 11.3 Å². The number of nitrogens with two attached hydrogens (primary N) is 1. The van der Waals surface area contributed by atoms with Crippen LogP contribution in [0.15, 0.2) is 11.7 Å². The second-order valence-corrected chi connectivity index (χ2v) is 5.61. The van der Waals surface area contributed by atoms with E-state index >= 15 is 0 Å². The highest BCUT2D eigenvalue weighted by molar-refractivity contribution is 7.09. The van der Waals surface area contributed by atoms with E-state index in [9.17, 15) is 0 Å². The number of aromatic nitrogens is 1. The molecule has 0 saturated carbocycles. The largest absolute Gasteiger partial charge is 0.327 e. The van der Waals surface area contributed by atoms with Crippen molar-refractivity contribution in [1.82, 2.24) is 9.88 Å². The van der Waals surface area contributed by atoms with Gasteiger partial charge in [-0.3, -0.25) is 9.88 Å². The highest BCUT2D eigenvalue weighted by Gasteiger charge is 2.28. The van der Waals surface area contributed by atoms with E-state index in [2.05, 4.69) is 23.7 Å². The van der Waals surface area contributed by atoms with Crippen LogP contribution in [-0.2, 0) is 0 Å². The molecule has 1 aromatic heterocycles. The molecule has 90 valence electrons. The molecular weight excluding hydrogens is 218 g/mol. The first-order chi connectivity index (χ1) is 7.72. The van der Waals surface area contributed by atoms with Crippen molar-refractivity contribution >= 4 is 11.3 Å². The van der Waals surface area contributed by atoms with Crippen molar-refractivity contribution in [2.75, 3.05) is 13.1 Å². The molecule has 1 aromatic rings. The summed E-state index contributed by atoms with van der Waals surface area (Å²) in [5, 5.41) is 0. The summed E-state index contributed by atoms with van der Waals surface area (Å²) in [6, 6.07) is 0.893. The van der Waals surface area contributed by atoms with Gasteiger partial charge in [0.05, 0.1) is 5.51 Å². The van der Waals surface area contributed by atoms with Crippen molar-refractivity contribution in [3.8, 4) is 0 Å². The van der Waals surface area contributed by atoms with Gasteiger partial charge in [0.25, 0.3) is 0 Å². The van der Waals surface area contributed by atoms with Gasteiger partial charge in [-0.1, -0.05) is 13.3 Å². The zero-order valence-corrected chi connectivity index (χ0v) is 10.9. The molecule has 3 unspecified atom stereocenters. The number of likely N-dealkylation sites (tertiary alicyclic amines) is 1. The van der Waals surface area contributed by atoms with Crippen LogP contribution in [0, 0.1) is 5.92 Å². The van der Waals surface area contributed by atoms with E-state index in [4.69, 9.17) is 5.73 Å². The molecule has 0 amide bonds. The topological polar surface area (TPSA) is 42.2 Å². The van der Waals surface area contributed by atoms with Crippen molar-refractivity contribution < 1.29 is 0 Å². The lowest BCUT2D eigenvalue weighted by molar-refractivity contribution is 0.115. The van der Waals surface area contributed by atoms with Crippen LogP contribution in [0.2, 0.25) is 0 Å². The molecule has 3 nitrogen and oxygen atoms in total. The van der Waals surface area contributed by atoms with Crippen LogP contribution in [0.5, 0.6) is 0 Å². The molecule has 3 atom stereocenters. The van der Waals surface area contributed by atoms with Gasteiger partial charge < -0.3 is 5.73 Å². The average molecular weight is 239 g/mol. The highest BCUT2D eigenvalue weighted by atomic mass is 32.1. The van der Waals surface area contributed by atoms with Gasteiger partial charge in [0, 0.05) is 36.2 Å². The van der Waals surface area contributed by atoms with Crippen LogP contribution in [0.25, 0.3) is 0 Å². The third-order valence-electron chi connectivity index (χ3n) is 3.76. The van der Waals surface area contributed by atoms with Gasteiger partial charge in [-0.15, -0.1) is 11.3 Å². The molecule has 2 heterocycles. The molecule has 4 heteroatoms. The summed E-state index contributed by atoms with van der Waals surface area (Å²) in [4.78, 5) is 8.07. The summed E-state index contributed by atoms with van der Waals surface area (Å²) in [6.07, 6.45) is 4.31. The molecule has 1 saturated heterocycles. The van der Waals surface area contributed by atoms with Crippen molar-refractivity contribution in [3.63, 3.8) is 0 Å². The number of nitrogens with zero attached hydrogens (tertiary/aromatic N) is 2. The molecule has 0 radical (unpaired) electrons. The molecule has 0 spiro atoms. The summed E-state index contributed by atoms with van der Waals surface area (Å²) in [6.45, 7) is 6.77. The summed E-state index contributed by atoms with van der Waals surface area (Å²) < 4.78 is 0. The predicted octanol–water partition coefficient (Wildman–Crippen LogP) is 2.26. The number of piperidine rings is 1. The Kier molecular flexibility index (Phi) is 3.95. The minimum absolute atomic E-state index is 0.398. The second-order valence-electron chi connectivity index (χ2n) is 4.70. The lowest BCUT2D eigenvalue weighted by atomic mass is 9.90. The van der Waals surface area contributed by atoms with Crippen LogP contribution in [-0.4, -0.2) is 29.0 Å². The van der Waals surface area contributed by atoms with Gasteiger partial charge in [-0.05, 0) is 19.3 Å². The third kappa shape index (κ3) is 2.44. The fraction of sp³-hybridized carbons (Fsp3) is 0.750. The Morgan fingerprint density at radius 2 is 2.50 bits per heavy atom. The van der Waals surface area contributed by atoms with E-state index < -0.39 is 0 Å². The summed E-state index contributed by atoms with van der Waals surface area (Å²) in [7, 11) is 0. The van der Waals surface area contributed by atoms with Crippen LogP contribution in [0.4, 0.5) is 0 Å². The third-order valence-corrected chi connectivity index (χ3v) is 4.71. The van der Waals surface area contributed by atoms with Crippen LogP contribution >= 0.6 is 11.3 Å². The van der Waals surface area contributed by atoms with Gasteiger partial charge in [0.2, 0.25) is 0 Å². The zero-order chi connectivity index (χ0) is 11.5. The van der Waals surface area contributed by atoms with Gasteiger partial charge in [0.15, 0.2) is 0 Å².